The molecule has 0 aliphatic rings. The summed E-state index contributed by atoms with van der Waals surface area (Å²) in [5.41, 5.74) is 1.91. The first-order valence-electron chi connectivity index (χ1n) is 10.8. The van der Waals surface area contributed by atoms with Crippen molar-refractivity contribution in [1.82, 2.24) is 15.3 Å². The molecule has 0 radical (unpaired) electrons. The van der Waals surface area contributed by atoms with E-state index in [0.29, 0.717) is 24.7 Å². The predicted molar refractivity (Wildman–Crippen MR) is 125 cm³/mol. The highest BCUT2D eigenvalue weighted by Gasteiger charge is 2.18. The highest BCUT2D eigenvalue weighted by molar-refractivity contribution is 5.91. The largest absolute Gasteiger partial charge is 0.355 e. The van der Waals surface area contributed by atoms with Crippen LogP contribution in [0.5, 0.6) is 0 Å². The zero-order valence-corrected chi connectivity index (χ0v) is 18.4. The molecule has 1 amide bonds. The van der Waals surface area contributed by atoms with Gasteiger partial charge in [-0.15, -0.1) is 0 Å². The van der Waals surface area contributed by atoms with Crippen LogP contribution in [-0.2, 0) is 4.79 Å². The second-order valence-electron chi connectivity index (χ2n) is 8.22. The summed E-state index contributed by atoms with van der Waals surface area (Å²) in [4.78, 5) is 24.4. The lowest BCUT2D eigenvalue weighted by Crippen LogP contribution is -2.36. The Morgan fingerprint density at radius 1 is 1.00 bits per heavy atom. The Hall–Kier alpha value is -2.95. The lowest BCUT2D eigenvalue weighted by molar-refractivity contribution is -0.121. The molecule has 1 atom stereocenters. The lowest BCUT2D eigenvalue weighted by atomic mass is 10.1. The first kappa shape index (κ1) is 21.8. The third-order valence-corrected chi connectivity index (χ3v) is 5.13. The van der Waals surface area contributed by atoms with Crippen molar-refractivity contribution < 1.29 is 4.79 Å². The van der Waals surface area contributed by atoms with E-state index in [1.54, 1.807) is 0 Å². The normalized spacial score (nSPS) is 12.2. The Kier molecular flexibility index (Phi) is 7.39. The van der Waals surface area contributed by atoms with Gasteiger partial charge in [-0.25, -0.2) is 9.97 Å². The van der Waals surface area contributed by atoms with Crippen molar-refractivity contribution in [2.24, 2.45) is 5.92 Å². The predicted octanol–water partition coefficient (Wildman–Crippen LogP) is 5.06. The van der Waals surface area contributed by atoms with Gasteiger partial charge in [-0.1, -0.05) is 63.2 Å². The first-order chi connectivity index (χ1) is 14.5. The molecule has 0 saturated carbocycles. The summed E-state index contributed by atoms with van der Waals surface area (Å²) in [5, 5.41) is 4.08. The smallest absolute Gasteiger partial charge is 0.221 e. The molecule has 3 rings (SSSR count). The average Bonchev–Trinajstić information content (AvgIpc) is 2.76. The molecular formula is C25H32N4O. The van der Waals surface area contributed by atoms with Crippen LogP contribution in [0.25, 0.3) is 22.3 Å². The minimum Gasteiger partial charge on any atom is -0.355 e. The van der Waals surface area contributed by atoms with Gasteiger partial charge >= 0.3 is 0 Å². The maximum absolute atomic E-state index is 12.4. The monoisotopic (exact) mass is 404 g/mol. The van der Waals surface area contributed by atoms with Crippen LogP contribution in [-0.4, -0.2) is 35.0 Å². The van der Waals surface area contributed by atoms with E-state index >= 15 is 0 Å². The van der Waals surface area contributed by atoms with Crippen molar-refractivity contribution >= 4 is 22.6 Å². The summed E-state index contributed by atoms with van der Waals surface area (Å²) >= 11 is 0. The van der Waals surface area contributed by atoms with Gasteiger partial charge in [-0.3, -0.25) is 4.79 Å². The zero-order valence-electron chi connectivity index (χ0n) is 18.4. The number of hydrogen-bond acceptors (Lipinski definition) is 4. The van der Waals surface area contributed by atoms with E-state index in [1.165, 1.54) is 0 Å². The molecule has 0 saturated heterocycles. The number of para-hydroxylation sites is 1. The number of nitrogens with one attached hydrogen (secondary N) is 1. The number of hydrogen-bond donors (Lipinski definition) is 1. The first-order valence-corrected chi connectivity index (χ1v) is 10.8. The maximum Gasteiger partial charge on any atom is 0.221 e. The van der Waals surface area contributed by atoms with Gasteiger partial charge in [0.1, 0.15) is 5.82 Å². The van der Waals surface area contributed by atoms with E-state index < -0.39 is 0 Å². The van der Waals surface area contributed by atoms with Crippen molar-refractivity contribution in [1.29, 1.82) is 0 Å². The van der Waals surface area contributed by atoms with Crippen LogP contribution in [0, 0.1) is 5.92 Å². The summed E-state index contributed by atoms with van der Waals surface area (Å²) in [6.45, 7) is 9.94. The van der Waals surface area contributed by atoms with Gasteiger partial charge in [-0.05, 0) is 31.4 Å². The Labute approximate surface area is 179 Å². The number of anilines is 1. The number of nitrogens with zero attached hydrogens (tertiary/aromatic N) is 3. The van der Waals surface area contributed by atoms with Crippen LogP contribution in [0.3, 0.4) is 0 Å². The second kappa shape index (κ2) is 10.2. The SMILES string of the molecule is CC[C@@H](C)NC(=O)CCN(CC(C)C)c1nc(-c2ccccc2)nc2ccccc12. The Bertz CT molecular complexity index is 971. The Morgan fingerprint density at radius 2 is 1.70 bits per heavy atom. The van der Waals surface area contributed by atoms with Crippen LogP contribution < -0.4 is 10.2 Å². The molecule has 5 heteroatoms. The molecule has 0 spiro atoms. The lowest BCUT2D eigenvalue weighted by Gasteiger charge is -2.27. The quantitative estimate of drug-likeness (QED) is 0.541. The molecule has 0 fully saturated rings. The second-order valence-corrected chi connectivity index (χ2v) is 8.22. The molecular weight excluding hydrogens is 372 g/mol. The third kappa shape index (κ3) is 5.56. The topological polar surface area (TPSA) is 58.1 Å². The molecule has 3 aromatic rings. The van der Waals surface area contributed by atoms with Gasteiger partial charge in [-0.2, -0.15) is 0 Å². The van der Waals surface area contributed by atoms with E-state index in [2.05, 4.69) is 37.1 Å². The van der Waals surface area contributed by atoms with Crippen LogP contribution in [0.4, 0.5) is 5.82 Å². The van der Waals surface area contributed by atoms with Gasteiger partial charge in [0.15, 0.2) is 5.82 Å². The molecule has 5 nitrogen and oxygen atoms in total. The summed E-state index contributed by atoms with van der Waals surface area (Å²) in [6, 6.07) is 18.3. The molecule has 0 aliphatic carbocycles. The number of benzene rings is 2. The van der Waals surface area contributed by atoms with Crippen molar-refractivity contribution in [3.63, 3.8) is 0 Å². The van der Waals surface area contributed by atoms with Gasteiger partial charge in [0.2, 0.25) is 5.91 Å². The fourth-order valence-corrected chi connectivity index (χ4v) is 3.43. The van der Waals surface area contributed by atoms with Crippen LogP contribution >= 0.6 is 0 Å². The van der Waals surface area contributed by atoms with Gasteiger partial charge < -0.3 is 10.2 Å². The van der Waals surface area contributed by atoms with Gasteiger partial charge in [0.25, 0.3) is 0 Å². The molecule has 30 heavy (non-hydrogen) atoms. The Morgan fingerprint density at radius 3 is 2.40 bits per heavy atom. The van der Waals surface area contributed by atoms with Gasteiger partial charge in [0, 0.05) is 36.5 Å². The highest BCUT2D eigenvalue weighted by Crippen LogP contribution is 2.28. The number of amides is 1. The minimum absolute atomic E-state index is 0.0831. The van der Waals surface area contributed by atoms with E-state index in [1.807, 2.05) is 55.5 Å². The number of rotatable bonds is 9. The average molecular weight is 405 g/mol. The van der Waals surface area contributed by atoms with Crippen molar-refractivity contribution in [2.45, 2.75) is 46.6 Å². The fourth-order valence-electron chi connectivity index (χ4n) is 3.43. The molecule has 2 aromatic carbocycles. The molecule has 0 aliphatic heterocycles. The van der Waals surface area contributed by atoms with E-state index in [4.69, 9.17) is 9.97 Å². The number of fused-ring (bicyclic) bond motifs is 1. The Balaban J connectivity index is 1.97. The van der Waals surface area contributed by atoms with Crippen LogP contribution in [0.2, 0.25) is 0 Å². The van der Waals surface area contributed by atoms with Crippen molar-refractivity contribution in [3.8, 4) is 11.4 Å². The summed E-state index contributed by atoms with van der Waals surface area (Å²) < 4.78 is 0. The summed E-state index contributed by atoms with van der Waals surface area (Å²) in [7, 11) is 0. The summed E-state index contributed by atoms with van der Waals surface area (Å²) in [5.74, 6) is 2.13. The van der Waals surface area contributed by atoms with E-state index in [-0.39, 0.29) is 11.9 Å². The maximum atomic E-state index is 12.4. The number of carbonyl (C=O) groups is 1. The molecule has 1 aromatic heterocycles. The molecule has 158 valence electrons. The van der Waals surface area contributed by atoms with E-state index in [9.17, 15) is 4.79 Å². The number of carbonyl (C=O) groups excluding carboxylic acids is 1. The van der Waals surface area contributed by atoms with Crippen molar-refractivity contribution in [3.05, 3.63) is 54.6 Å². The molecule has 1 heterocycles. The zero-order chi connectivity index (χ0) is 21.5. The molecule has 0 bridgehead atoms. The third-order valence-electron chi connectivity index (χ3n) is 5.13. The van der Waals surface area contributed by atoms with Gasteiger partial charge in [0.05, 0.1) is 5.52 Å². The van der Waals surface area contributed by atoms with E-state index in [0.717, 1.165) is 35.2 Å². The summed E-state index contributed by atoms with van der Waals surface area (Å²) in [6.07, 6.45) is 1.37. The minimum atomic E-state index is 0.0831. The standard InChI is InChI=1S/C25H32N4O/c1-5-19(4)26-23(30)15-16-29(17-18(2)3)25-21-13-9-10-14-22(21)27-24(28-25)20-11-7-6-8-12-20/h6-14,18-19H,5,15-17H2,1-4H3,(H,26,30)/t19-/m1/s1. The molecule has 1 N–H and O–H groups in total. The van der Waals surface area contributed by atoms with Crippen molar-refractivity contribution in [2.75, 3.05) is 18.0 Å². The van der Waals surface area contributed by atoms with Crippen LogP contribution in [0.15, 0.2) is 54.6 Å². The fraction of sp³-hybridized carbons (Fsp3) is 0.400. The molecule has 0 unspecified atom stereocenters. The highest BCUT2D eigenvalue weighted by atomic mass is 16.1. The number of aromatic nitrogens is 2. The van der Waals surface area contributed by atoms with Crippen LogP contribution in [0.1, 0.15) is 40.5 Å².